The molecule has 5 fully saturated rings. The molecule has 4 aliphatic heterocycles. The molecule has 1 spiro atoms. The number of ketones is 1. The molecule has 1 aliphatic carbocycles. The number of fused-ring (bicyclic) bond motifs is 2. The van der Waals surface area contributed by atoms with E-state index in [0.717, 1.165) is 25.7 Å². The van der Waals surface area contributed by atoms with Crippen molar-refractivity contribution in [1.82, 2.24) is 0 Å². The van der Waals surface area contributed by atoms with Crippen molar-refractivity contribution in [2.45, 2.75) is 96.9 Å². The molecule has 1 saturated carbocycles. The van der Waals surface area contributed by atoms with E-state index >= 15 is 0 Å². The second-order valence-electron chi connectivity index (χ2n) is 10.2. The summed E-state index contributed by atoms with van der Waals surface area (Å²) >= 11 is 0. The zero-order valence-electron chi connectivity index (χ0n) is 18.8. The van der Waals surface area contributed by atoms with Crippen molar-refractivity contribution in [1.29, 1.82) is 0 Å². The minimum absolute atomic E-state index is 0.0654. The molecule has 5 rings (SSSR count). The number of carbonyl (C=O) groups excluding carboxylic acids is 2. The molecule has 4 saturated heterocycles. The Morgan fingerprint density at radius 1 is 1.07 bits per heavy atom. The van der Waals surface area contributed by atoms with Gasteiger partial charge in [-0.3, -0.25) is 9.59 Å². The van der Waals surface area contributed by atoms with Gasteiger partial charge in [0.1, 0.15) is 17.5 Å². The van der Waals surface area contributed by atoms with Gasteiger partial charge in [-0.2, -0.15) is 0 Å². The molecule has 170 valence electrons. The van der Waals surface area contributed by atoms with E-state index in [0.29, 0.717) is 18.4 Å². The number of rotatable bonds is 5. The Bertz CT molecular complexity index is 678. The fraction of sp³-hybridized carbons (Fsp3) is 0.913. The first-order valence-electron chi connectivity index (χ1n) is 11.5. The molecular weight excluding hydrogens is 388 g/mol. The number of ether oxygens (including phenoxy) is 3. The van der Waals surface area contributed by atoms with Gasteiger partial charge in [-0.15, -0.1) is 0 Å². The average Bonchev–Trinajstić information content (AvgIpc) is 2.99. The lowest BCUT2D eigenvalue weighted by molar-refractivity contribution is -0.533. The van der Waals surface area contributed by atoms with Crippen molar-refractivity contribution in [3.63, 3.8) is 0 Å². The highest BCUT2D eigenvalue weighted by Gasteiger charge is 2.67. The van der Waals surface area contributed by atoms with Crippen molar-refractivity contribution in [2.24, 2.45) is 29.6 Å². The highest BCUT2D eigenvalue weighted by atomic mass is 17.3. The summed E-state index contributed by atoms with van der Waals surface area (Å²) in [7, 11) is 0. The molecule has 30 heavy (non-hydrogen) atoms. The van der Waals surface area contributed by atoms with Crippen molar-refractivity contribution < 1.29 is 33.6 Å². The second-order valence-corrected chi connectivity index (χ2v) is 10.2. The Labute approximate surface area is 179 Å². The first-order chi connectivity index (χ1) is 14.2. The van der Waals surface area contributed by atoms with Crippen LogP contribution in [0.15, 0.2) is 0 Å². The lowest BCUT2D eigenvalue weighted by atomic mass is 9.58. The van der Waals surface area contributed by atoms with Crippen molar-refractivity contribution in [3.05, 3.63) is 0 Å². The zero-order chi connectivity index (χ0) is 21.7. The van der Waals surface area contributed by atoms with E-state index in [-0.39, 0.29) is 42.5 Å². The maximum Gasteiger partial charge on any atom is 0.308 e. The monoisotopic (exact) mass is 424 g/mol. The average molecular weight is 425 g/mol. The van der Waals surface area contributed by atoms with Crippen LogP contribution in [0.1, 0.15) is 73.1 Å². The van der Waals surface area contributed by atoms with Crippen LogP contribution in [-0.2, 0) is 33.6 Å². The van der Waals surface area contributed by atoms with E-state index < -0.39 is 23.6 Å². The quantitative estimate of drug-likeness (QED) is 0.491. The van der Waals surface area contributed by atoms with Crippen LogP contribution < -0.4 is 0 Å². The van der Waals surface area contributed by atoms with Crippen LogP contribution in [0.5, 0.6) is 0 Å². The second kappa shape index (κ2) is 8.15. The summed E-state index contributed by atoms with van der Waals surface area (Å²) in [5, 5.41) is 0. The molecule has 8 atom stereocenters. The molecule has 4 heterocycles. The number of carbonyl (C=O) groups is 2. The predicted octanol–water partition coefficient (Wildman–Crippen LogP) is 3.79. The minimum Gasteiger partial charge on any atom is -0.435 e. The largest absolute Gasteiger partial charge is 0.435 e. The summed E-state index contributed by atoms with van der Waals surface area (Å²) in [6.45, 7) is 10.3. The maximum absolute atomic E-state index is 12.5. The van der Waals surface area contributed by atoms with Crippen molar-refractivity contribution in [3.8, 4) is 0 Å². The van der Waals surface area contributed by atoms with E-state index in [9.17, 15) is 9.59 Å². The lowest BCUT2D eigenvalue weighted by Gasteiger charge is -2.55. The number of Topliss-reactive ketones (excluding diaryl/α,β-unsaturated/α-hetero) is 1. The molecule has 7 nitrogen and oxygen atoms in total. The molecule has 0 aromatic rings. The minimum atomic E-state index is -0.766. The molecule has 0 radical (unpaired) electrons. The first kappa shape index (κ1) is 22.2. The summed E-state index contributed by atoms with van der Waals surface area (Å²) in [6, 6.07) is 0. The van der Waals surface area contributed by atoms with Crippen LogP contribution in [0.3, 0.4) is 0 Å². The van der Waals surface area contributed by atoms with Crippen LogP contribution in [0, 0.1) is 29.6 Å². The van der Waals surface area contributed by atoms with Crippen LogP contribution in [0.2, 0.25) is 0 Å². The number of hydrogen-bond acceptors (Lipinski definition) is 7. The van der Waals surface area contributed by atoms with Gasteiger partial charge in [0.05, 0.1) is 13.0 Å². The topological polar surface area (TPSA) is 80.3 Å². The van der Waals surface area contributed by atoms with Gasteiger partial charge in [0, 0.05) is 30.6 Å². The molecule has 2 bridgehead atoms. The van der Waals surface area contributed by atoms with Gasteiger partial charge >= 0.3 is 5.97 Å². The van der Waals surface area contributed by atoms with Gasteiger partial charge in [-0.25, -0.2) is 9.78 Å². The van der Waals surface area contributed by atoms with E-state index in [1.807, 2.05) is 20.8 Å². The Morgan fingerprint density at radius 2 is 1.83 bits per heavy atom. The summed E-state index contributed by atoms with van der Waals surface area (Å²) < 4.78 is 18.3. The smallest absolute Gasteiger partial charge is 0.308 e. The predicted molar refractivity (Wildman–Crippen MR) is 107 cm³/mol. The van der Waals surface area contributed by atoms with Gasteiger partial charge in [-0.1, -0.05) is 27.7 Å². The number of esters is 1. The third-order valence-corrected chi connectivity index (χ3v) is 7.89. The highest BCUT2D eigenvalue weighted by molar-refractivity contribution is 5.84. The Balaban J connectivity index is 1.53. The Kier molecular flexibility index (Phi) is 6.03. The molecule has 5 aliphatic rings. The SMILES string of the molecule is CC(C)C(=O)CCC(=O)O[C@@H]1OC[C@@H]2O[C@@]3(C)CC[C@H]4[C@H](C)CC[C@@H]([C@H]1C)[C@@]24OO3. The normalized spacial score (nSPS) is 45.4. The van der Waals surface area contributed by atoms with E-state index in [4.69, 9.17) is 24.0 Å². The van der Waals surface area contributed by atoms with Gasteiger partial charge in [0.2, 0.25) is 6.29 Å². The Morgan fingerprint density at radius 3 is 2.57 bits per heavy atom. The highest BCUT2D eigenvalue weighted by Crippen LogP contribution is 2.59. The third-order valence-electron chi connectivity index (χ3n) is 7.89. The van der Waals surface area contributed by atoms with Crippen LogP contribution in [-0.4, -0.2) is 42.1 Å². The van der Waals surface area contributed by atoms with Gasteiger partial charge in [0.25, 0.3) is 0 Å². The van der Waals surface area contributed by atoms with Crippen LogP contribution in [0.25, 0.3) is 0 Å². The summed E-state index contributed by atoms with van der Waals surface area (Å²) in [6.07, 6.45) is 3.17. The fourth-order valence-corrected chi connectivity index (χ4v) is 6.05. The molecule has 0 aromatic heterocycles. The standard InChI is InChI=1S/C23H36O7/c1-13(2)18(24)8-9-20(25)27-21-15(4)17-7-6-14(3)16-10-11-22(5)28-19(12-26-21)23(16,17)30-29-22/h13-17,19,21H,6-12H2,1-5H3/t14-,15-,16+,17+,19+,21+,22-,23-/m1/s1. The summed E-state index contributed by atoms with van der Waals surface area (Å²) in [4.78, 5) is 36.4. The van der Waals surface area contributed by atoms with E-state index in [2.05, 4.69) is 13.8 Å². The fourth-order valence-electron chi connectivity index (χ4n) is 6.05. The lowest BCUT2D eigenvalue weighted by Crippen LogP contribution is -2.65. The zero-order valence-corrected chi connectivity index (χ0v) is 18.8. The summed E-state index contributed by atoms with van der Waals surface area (Å²) in [5.74, 6) is -0.318. The summed E-state index contributed by atoms with van der Waals surface area (Å²) in [5.41, 5.74) is -0.581. The Hall–Kier alpha value is -1.02. The van der Waals surface area contributed by atoms with Gasteiger partial charge in [0.15, 0.2) is 5.79 Å². The first-order valence-corrected chi connectivity index (χ1v) is 11.5. The van der Waals surface area contributed by atoms with Crippen molar-refractivity contribution >= 4 is 11.8 Å². The molecule has 0 unspecified atom stereocenters. The molecule has 7 heteroatoms. The molecule has 0 amide bonds. The molecular formula is C23H36O7. The van der Waals surface area contributed by atoms with Crippen LogP contribution >= 0.6 is 0 Å². The van der Waals surface area contributed by atoms with Gasteiger partial charge < -0.3 is 14.2 Å². The van der Waals surface area contributed by atoms with Gasteiger partial charge in [-0.05, 0) is 38.0 Å². The van der Waals surface area contributed by atoms with E-state index in [1.165, 1.54) is 0 Å². The third kappa shape index (κ3) is 3.72. The molecule has 0 aromatic carbocycles. The van der Waals surface area contributed by atoms with Crippen molar-refractivity contribution in [2.75, 3.05) is 6.61 Å². The maximum atomic E-state index is 12.5. The van der Waals surface area contributed by atoms with Crippen LogP contribution in [0.4, 0.5) is 0 Å². The van der Waals surface area contributed by atoms with E-state index in [1.54, 1.807) is 0 Å². The number of hydrogen-bond donors (Lipinski definition) is 0. The molecule has 0 N–H and O–H groups in total.